The molecule has 0 spiro atoms. The minimum atomic E-state index is -4.14. The highest BCUT2D eigenvalue weighted by atomic mass is 31.2. The molecule has 1 unspecified atom stereocenters. The number of hydrogen-bond donors (Lipinski definition) is 5. The number of anilines is 2. The second-order valence-electron chi connectivity index (χ2n) is 8.52. The van der Waals surface area contributed by atoms with Crippen LogP contribution in [0.3, 0.4) is 0 Å². The van der Waals surface area contributed by atoms with E-state index in [4.69, 9.17) is 15.1 Å². The molecule has 1 saturated heterocycles. The van der Waals surface area contributed by atoms with Crippen LogP contribution in [0.15, 0.2) is 42.5 Å². The molecule has 1 aliphatic rings. The van der Waals surface area contributed by atoms with Crippen LogP contribution in [-0.4, -0.2) is 55.8 Å². The lowest BCUT2D eigenvalue weighted by Crippen LogP contribution is -2.32. The zero-order valence-electron chi connectivity index (χ0n) is 20.3. The van der Waals surface area contributed by atoms with E-state index in [0.29, 0.717) is 16.3 Å². The van der Waals surface area contributed by atoms with Crippen molar-refractivity contribution in [3.63, 3.8) is 0 Å². The lowest BCUT2D eigenvalue weighted by atomic mass is 10.1. The van der Waals surface area contributed by atoms with Gasteiger partial charge in [-0.3, -0.25) is 18.9 Å². The first kappa shape index (κ1) is 29.0. The summed E-state index contributed by atoms with van der Waals surface area (Å²) in [5, 5.41) is 23.6. The van der Waals surface area contributed by atoms with Gasteiger partial charge in [0.2, 0.25) is 5.91 Å². The number of rotatable bonds is 12. The number of nitrogens with one attached hydrogen (secondary N) is 2. The normalized spacial score (nSPS) is 14.4. The first-order valence-electron chi connectivity index (χ1n) is 11.5. The number of hydrogen-bond acceptors (Lipinski definition) is 8. The average molecular weight is 561 g/mol. The Morgan fingerprint density at radius 3 is 1.97 bits per heavy atom. The molecule has 1 fully saturated rings. The number of nitrogens with zero attached hydrogens (tertiary/aromatic N) is 1. The zero-order valence-corrected chi connectivity index (χ0v) is 21.2. The highest BCUT2D eigenvalue weighted by molar-refractivity contribution is 7.58. The standard InChI is InChI=1S/C24H24N3O11P/c28-19(2-1-3-22(31)38-27-20(29)8-9-21(27)30)25-17-6-4-14(5-7-17)13-39(36,37)26-18-11-15(23(32)33)10-16(12-18)24(34)35/h4-7,10-12H,1-3,8-9,13H2,(H,25,28)(H,32,33)(H,34,35)(H2,26,36,37). The van der Waals surface area contributed by atoms with Crippen LogP contribution in [0.25, 0.3) is 0 Å². The molecule has 0 saturated carbocycles. The fourth-order valence-electron chi connectivity index (χ4n) is 3.54. The Hall–Kier alpha value is -4.55. The summed E-state index contributed by atoms with van der Waals surface area (Å²) in [7, 11) is -4.14. The Morgan fingerprint density at radius 2 is 1.44 bits per heavy atom. The highest BCUT2D eigenvalue weighted by Crippen LogP contribution is 2.44. The maximum absolute atomic E-state index is 12.7. The molecular formula is C24H24N3O11P. The lowest BCUT2D eigenvalue weighted by molar-refractivity contribution is -0.197. The Morgan fingerprint density at radius 1 is 0.872 bits per heavy atom. The summed E-state index contributed by atoms with van der Waals surface area (Å²) in [5.74, 6) is -5.23. The van der Waals surface area contributed by atoms with E-state index < -0.39 is 43.1 Å². The lowest BCUT2D eigenvalue weighted by Gasteiger charge is -2.16. The van der Waals surface area contributed by atoms with Gasteiger partial charge in [-0.2, -0.15) is 0 Å². The monoisotopic (exact) mass is 561 g/mol. The third-order valence-electron chi connectivity index (χ3n) is 5.35. The van der Waals surface area contributed by atoms with Crippen molar-refractivity contribution < 1.29 is 53.3 Å². The smallest absolute Gasteiger partial charge is 0.335 e. The van der Waals surface area contributed by atoms with Crippen molar-refractivity contribution in [2.24, 2.45) is 0 Å². The molecule has 3 rings (SSSR count). The van der Waals surface area contributed by atoms with Crippen molar-refractivity contribution in [3.05, 3.63) is 59.2 Å². The SMILES string of the molecule is O=C(CCCC(=O)ON1C(=O)CCC1=O)Nc1ccc(CP(=O)(O)Nc2cc(C(=O)O)cc(C(=O)O)c2)cc1. The molecule has 1 atom stereocenters. The summed E-state index contributed by atoms with van der Waals surface area (Å²) in [5.41, 5.74) is -0.115. The van der Waals surface area contributed by atoms with Gasteiger partial charge in [0.15, 0.2) is 0 Å². The predicted octanol–water partition coefficient (Wildman–Crippen LogP) is 2.60. The van der Waals surface area contributed by atoms with Crippen LogP contribution in [-0.2, 0) is 34.7 Å². The molecule has 5 N–H and O–H groups in total. The summed E-state index contributed by atoms with van der Waals surface area (Å²) in [6.07, 6.45) is -0.564. The molecule has 1 aliphatic heterocycles. The molecule has 15 heteroatoms. The minimum Gasteiger partial charge on any atom is -0.478 e. The van der Waals surface area contributed by atoms with E-state index in [9.17, 15) is 38.2 Å². The van der Waals surface area contributed by atoms with Gasteiger partial charge >= 0.3 is 17.9 Å². The first-order chi connectivity index (χ1) is 18.3. The van der Waals surface area contributed by atoms with E-state index in [-0.39, 0.29) is 55.1 Å². The summed E-state index contributed by atoms with van der Waals surface area (Å²) < 4.78 is 12.7. The Labute approximate surface area is 221 Å². The van der Waals surface area contributed by atoms with Gasteiger partial charge in [0.1, 0.15) is 0 Å². The Bertz CT molecular complexity index is 1330. The average Bonchev–Trinajstić information content (AvgIpc) is 3.16. The van der Waals surface area contributed by atoms with Gasteiger partial charge in [-0.1, -0.05) is 12.1 Å². The second-order valence-corrected chi connectivity index (χ2v) is 10.5. The largest absolute Gasteiger partial charge is 0.478 e. The van der Waals surface area contributed by atoms with Gasteiger partial charge in [0, 0.05) is 37.1 Å². The van der Waals surface area contributed by atoms with Crippen molar-refractivity contribution in [3.8, 4) is 0 Å². The molecule has 0 aliphatic carbocycles. The van der Waals surface area contributed by atoms with E-state index >= 15 is 0 Å². The highest BCUT2D eigenvalue weighted by Gasteiger charge is 2.32. The number of amides is 3. The molecule has 2 aromatic rings. The molecule has 206 valence electrons. The number of benzene rings is 2. The molecule has 2 aromatic carbocycles. The van der Waals surface area contributed by atoms with Gasteiger partial charge in [0.25, 0.3) is 19.3 Å². The number of carboxylic acid groups (broad SMARTS) is 2. The van der Waals surface area contributed by atoms with E-state index in [1.807, 2.05) is 0 Å². The van der Waals surface area contributed by atoms with Crippen molar-refractivity contribution in [1.82, 2.24) is 5.06 Å². The third kappa shape index (κ3) is 8.48. The first-order valence-corrected chi connectivity index (χ1v) is 13.3. The van der Waals surface area contributed by atoms with Gasteiger partial charge < -0.3 is 30.3 Å². The van der Waals surface area contributed by atoms with Crippen LogP contribution < -0.4 is 10.4 Å². The van der Waals surface area contributed by atoms with Crippen LogP contribution in [0, 0.1) is 0 Å². The Kier molecular flexibility index (Phi) is 9.17. The van der Waals surface area contributed by atoms with Gasteiger partial charge in [0.05, 0.1) is 17.3 Å². The fourth-order valence-corrected chi connectivity index (χ4v) is 4.86. The van der Waals surface area contributed by atoms with Crippen molar-refractivity contribution >= 4 is 54.5 Å². The van der Waals surface area contributed by atoms with E-state index in [0.717, 1.165) is 18.2 Å². The third-order valence-corrected chi connectivity index (χ3v) is 6.75. The summed E-state index contributed by atoms with van der Waals surface area (Å²) in [4.78, 5) is 84.4. The van der Waals surface area contributed by atoms with Crippen molar-refractivity contribution in [2.45, 2.75) is 38.3 Å². The molecule has 14 nitrogen and oxygen atoms in total. The zero-order chi connectivity index (χ0) is 28.7. The summed E-state index contributed by atoms with van der Waals surface area (Å²) in [6.45, 7) is 0. The molecule has 0 aromatic heterocycles. The quantitative estimate of drug-likeness (QED) is 0.187. The fraction of sp³-hybridized carbons (Fsp3) is 0.250. The Balaban J connectivity index is 1.49. The minimum absolute atomic E-state index is 0.0199. The number of carbonyl (C=O) groups is 6. The number of hydroxylamine groups is 2. The van der Waals surface area contributed by atoms with Gasteiger partial charge in [-0.25, -0.2) is 14.4 Å². The van der Waals surface area contributed by atoms with Crippen LogP contribution in [0.4, 0.5) is 11.4 Å². The van der Waals surface area contributed by atoms with E-state index in [2.05, 4.69) is 10.4 Å². The van der Waals surface area contributed by atoms with E-state index in [1.54, 1.807) is 0 Å². The number of aromatic carboxylic acids is 2. The van der Waals surface area contributed by atoms with E-state index in [1.165, 1.54) is 24.3 Å². The number of carboxylic acids is 2. The molecule has 0 bridgehead atoms. The number of carbonyl (C=O) groups excluding carboxylic acids is 4. The second kappa shape index (κ2) is 12.3. The van der Waals surface area contributed by atoms with Crippen molar-refractivity contribution in [1.29, 1.82) is 0 Å². The number of imide groups is 1. The van der Waals surface area contributed by atoms with Crippen LogP contribution in [0.5, 0.6) is 0 Å². The maximum atomic E-state index is 12.7. The molecule has 39 heavy (non-hydrogen) atoms. The molecule has 3 amide bonds. The van der Waals surface area contributed by atoms with Crippen molar-refractivity contribution in [2.75, 3.05) is 10.4 Å². The maximum Gasteiger partial charge on any atom is 0.335 e. The molecule has 1 heterocycles. The van der Waals surface area contributed by atoms with Crippen LogP contribution in [0.1, 0.15) is 58.4 Å². The van der Waals surface area contributed by atoms with Gasteiger partial charge in [-0.15, -0.1) is 5.06 Å². The van der Waals surface area contributed by atoms with Crippen LogP contribution in [0.2, 0.25) is 0 Å². The summed E-state index contributed by atoms with van der Waals surface area (Å²) >= 11 is 0. The molecular weight excluding hydrogens is 537 g/mol. The molecule has 0 radical (unpaired) electrons. The van der Waals surface area contributed by atoms with Gasteiger partial charge in [-0.05, 0) is 42.3 Å². The topological polar surface area (TPSA) is 217 Å². The predicted molar refractivity (Wildman–Crippen MR) is 134 cm³/mol. The summed E-state index contributed by atoms with van der Waals surface area (Å²) in [6, 6.07) is 8.95. The van der Waals surface area contributed by atoms with Crippen LogP contribution >= 0.6 is 7.52 Å².